The lowest BCUT2D eigenvalue weighted by atomic mass is 10.1. The van der Waals surface area contributed by atoms with Gasteiger partial charge in [-0.15, -0.1) is 11.3 Å². The van der Waals surface area contributed by atoms with E-state index in [1.54, 1.807) is 11.3 Å². The van der Waals surface area contributed by atoms with Crippen molar-refractivity contribution >= 4 is 27.5 Å². The quantitative estimate of drug-likeness (QED) is 0.623. The minimum atomic E-state index is -0.0872. The van der Waals surface area contributed by atoms with E-state index in [0.29, 0.717) is 49.7 Å². The summed E-state index contributed by atoms with van der Waals surface area (Å²) in [6.45, 7) is 6.79. The first-order chi connectivity index (χ1) is 13.5. The summed E-state index contributed by atoms with van der Waals surface area (Å²) in [6.07, 6.45) is 4.69. The second kappa shape index (κ2) is 10.1. The molecular formula is C20H29N3O4S. The molecule has 1 aliphatic heterocycles. The first kappa shape index (κ1) is 21.0. The highest BCUT2D eigenvalue weighted by molar-refractivity contribution is 7.18. The number of rotatable bonds is 9. The topological polar surface area (TPSA) is 93.3 Å². The molecule has 2 aromatic heterocycles. The number of hydrogen-bond donors (Lipinski definition) is 2. The highest BCUT2D eigenvalue weighted by atomic mass is 32.1. The zero-order valence-corrected chi connectivity index (χ0v) is 17.5. The zero-order chi connectivity index (χ0) is 19.9. The minimum Gasteiger partial charge on any atom is -0.381 e. The number of hydrogen-bond acceptors (Lipinski definition) is 6. The Morgan fingerprint density at radius 3 is 2.89 bits per heavy atom. The minimum absolute atomic E-state index is 0.0253. The van der Waals surface area contributed by atoms with E-state index in [1.165, 1.54) is 0 Å². The maximum Gasteiger partial charge on any atom is 0.259 e. The number of carbonyl (C=O) groups is 1. The SMILES string of the molecule is Cc1sc2nc(CCCC(=O)NCCCOC3CCOCC3)[nH]c(=O)c2c1C. The van der Waals surface area contributed by atoms with E-state index in [9.17, 15) is 9.59 Å². The van der Waals surface area contributed by atoms with Crippen molar-refractivity contribution in [2.24, 2.45) is 0 Å². The number of carbonyl (C=O) groups excluding carboxylic acids is 1. The summed E-state index contributed by atoms with van der Waals surface area (Å²) >= 11 is 1.54. The van der Waals surface area contributed by atoms with Gasteiger partial charge in [0.2, 0.25) is 5.91 Å². The molecule has 1 aliphatic rings. The molecule has 1 fully saturated rings. The van der Waals surface area contributed by atoms with Crippen LogP contribution in [-0.4, -0.2) is 48.3 Å². The molecule has 28 heavy (non-hydrogen) atoms. The summed E-state index contributed by atoms with van der Waals surface area (Å²) in [6, 6.07) is 0. The molecule has 154 valence electrons. The van der Waals surface area contributed by atoms with E-state index in [0.717, 1.165) is 47.7 Å². The molecule has 3 heterocycles. The van der Waals surface area contributed by atoms with Crippen LogP contribution in [-0.2, 0) is 20.7 Å². The van der Waals surface area contributed by atoms with Crippen molar-refractivity contribution in [2.45, 2.75) is 58.5 Å². The van der Waals surface area contributed by atoms with Gasteiger partial charge in [-0.05, 0) is 45.1 Å². The van der Waals surface area contributed by atoms with Crippen molar-refractivity contribution in [3.63, 3.8) is 0 Å². The normalized spacial score (nSPS) is 15.2. The predicted octanol–water partition coefficient (Wildman–Crippen LogP) is 2.63. The maximum absolute atomic E-state index is 12.3. The number of thiophene rings is 1. The number of H-pyrrole nitrogens is 1. The number of ether oxygens (including phenoxy) is 2. The second-order valence-corrected chi connectivity index (χ2v) is 8.42. The van der Waals surface area contributed by atoms with E-state index >= 15 is 0 Å². The van der Waals surface area contributed by atoms with Crippen LogP contribution in [0, 0.1) is 13.8 Å². The summed E-state index contributed by atoms with van der Waals surface area (Å²) in [5.41, 5.74) is 0.913. The summed E-state index contributed by atoms with van der Waals surface area (Å²) in [7, 11) is 0. The van der Waals surface area contributed by atoms with Gasteiger partial charge in [0.05, 0.1) is 11.5 Å². The number of nitrogens with one attached hydrogen (secondary N) is 2. The average Bonchev–Trinajstić information content (AvgIpc) is 2.96. The third kappa shape index (κ3) is 5.62. The summed E-state index contributed by atoms with van der Waals surface area (Å²) < 4.78 is 11.1. The fraction of sp³-hybridized carbons (Fsp3) is 0.650. The summed E-state index contributed by atoms with van der Waals surface area (Å²) in [4.78, 5) is 33.5. The number of nitrogens with zero attached hydrogens (tertiary/aromatic N) is 1. The molecule has 0 atom stereocenters. The van der Waals surface area contributed by atoms with E-state index in [-0.39, 0.29) is 11.5 Å². The van der Waals surface area contributed by atoms with Crippen molar-refractivity contribution in [1.29, 1.82) is 0 Å². The Morgan fingerprint density at radius 1 is 1.32 bits per heavy atom. The molecular weight excluding hydrogens is 378 g/mol. The lowest BCUT2D eigenvalue weighted by Crippen LogP contribution is -2.27. The van der Waals surface area contributed by atoms with E-state index < -0.39 is 0 Å². The third-order valence-corrected chi connectivity index (χ3v) is 6.17. The first-order valence-corrected chi connectivity index (χ1v) is 10.8. The zero-order valence-electron chi connectivity index (χ0n) is 16.6. The molecule has 0 aromatic carbocycles. The summed E-state index contributed by atoms with van der Waals surface area (Å²) in [5.74, 6) is 0.675. The van der Waals surface area contributed by atoms with Gasteiger partial charge in [0, 0.05) is 44.1 Å². The largest absolute Gasteiger partial charge is 0.381 e. The van der Waals surface area contributed by atoms with Crippen molar-refractivity contribution in [2.75, 3.05) is 26.4 Å². The third-order valence-electron chi connectivity index (χ3n) is 5.07. The van der Waals surface area contributed by atoms with Gasteiger partial charge in [-0.2, -0.15) is 0 Å². The smallest absolute Gasteiger partial charge is 0.259 e. The van der Waals surface area contributed by atoms with Crippen molar-refractivity contribution in [3.05, 3.63) is 26.6 Å². The molecule has 0 bridgehead atoms. The Morgan fingerprint density at radius 2 is 2.11 bits per heavy atom. The molecule has 8 heteroatoms. The van der Waals surface area contributed by atoms with Crippen LogP contribution in [0.2, 0.25) is 0 Å². The molecule has 0 saturated carbocycles. The van der Waals surface area contributed by atoms with Crippen LogP contribution in [0.4, 0.5) is 0 Å². The van der Waals surface area contributed by atoms with Crippen LogP contribution in [0.3, 0.4) is 0 Å². The van der Waals surface area contributed by atoms with Crippen LogP contribution in [0.25, 0.3) is 10.2 Å². The molecule has 2 aromatic rings. The van der Waals surface area contributed by atoms with Gasteiger partial charge in [-0.1, -0.05) is 0 Å². The number of aromatic nitrogens is 2. The fourth-order valence-electron chi connectivity index (χ4n) is 3.32. The van der Waals surface area contributed by atoms with Gasteiger partial charge in [0.1, 0.15) is 10.7 Å². The molecule has 7 nitrogen and oxygen atoms in total. The molecule has 0 radical (unpaired) electrons. The molecule has 0 aliphatic carbocycles. The molecule has 0 spiro atoms. The van der Waals surface area contributed by atoms with Crippen LogP contribution < -0.4 is 10.9 Å². The number of aromatic amines is 1. The van der Waals surface area contributed by atoms with Crippen molar-refractivity contribution in [1.82, 2.24) is 15.3 Å². The molecule has 0 unspecified atom stereocenters. The Kier molecular flexibility index (Phi) is 7.58. The van der Waals surface area contributed by atoms with Crippen molar-refractivity contribution in [3.8, 4) is 0 Å². The molecule has 1 saturated heterocycles. The Balaban J connectivity index is 1.34. The standard InChI is InChI=1S/C20H29N3O4S/c1-13-14(2)28-20-18(13)19(25)22-16(23-20)5-3-6-17(24)21-9-4-10-27-15-7-11-26-12-8-15/h15H,3-12H2,1-2H3,(H,21,24)(H,22,23,25). The molecule has 1 amide bonds. The monoisotopic (exact) mass is 407 g/mol. The average molecular weight is 408 g/mol. The number of fused-ring (bicyclic) bond motifs is 1. The van der Waals surface area contributed by atoms with Crippen LogP contribution in [0.15, 0.2) is 4.79 Å². The second-order valence-electron chi connectivity index (χ2n) is 7.22. The highest BCUT2D eigenvalue weighted by Gasteiger charge is 2.14. The van der Waals surface area contributed by atoms with Gasteiger partial charge in [-0.25, -0.2) is 4.98 Å². The number of aryl methyl sites for hydroxylation is 3. The molecule has 2 N–H and O–H groups in total. The van der Waals surface area contributed by atoms with Crippen LogP contribution in [0.1, 0.15) is 48.4 Å². The van der Waals surface area contributed by atoms with Crippen molar-refractivity contribution < 1.29 is 14.3 Å². The lowest BCUT2D eigenvalue weighted by molar-refractivity contribution is -0.121. The summed E-state index contributed by atoms with van der Waals surface area (Å²) in [5, 5.41) is 3.61. The van der Waals surface area contributed by atoms with Gasteiger partial charge >= 0.3 is 0 Å². The van der Waals surface area contributed by atoms with Crippen LogP contribution >= 0.6 is 11.3 Å². The van der Waals surface area contributed by atoms with E-state index in [4.69, 9.17) is 9.47 Å². The first-order valence-electron chi connectivity index (χ1n) is 9.99. The lowest BCUT2D eigenvalue weighted by Gasteiger charge is -2.22. The molecule has 3 rings (SSSR count). The fourth-order valence-corrected chi connectivity index (χ4v) is 4.36. The van der Waals surface area contributed by atoms with Crippen LogP contribution in [0.5, 0.6) is 0 Å². The Bertz CT molecular complexity index is 855. The predicted molar refractivity (Wildman–Crippen MR) is 110 cm³/mol. The van der Waals surface area contributed by atoms with E-state index in [2.05, 4.69) is 15.3 Å². The van der Waals surface area contributed by atoms with E-state index in [1.807, 2.05) is 13.8 Å². The van der Waals surface area contributed by atoms with Gasteiger partial charge in [0.15, 0.2) is 0 Å². The maximum atomic E-state index is 12.3. The Labute approximate surface area is 168 Å². The Hall–Kier alpha value is -1.77. The van der Waals surface area contributed by atoms with Gasteiger partial charge in [0.25, 0.3) is 5.56 Å². The van der Waals surface area contributed by atoms with Gasteiger partial charge in [-0.3, -0.25) is 9.59 Å². The number of amides is 1. The van der Waals surface area contributed by atoms with Gasteiger partial charge < -0.3 is 19.8 Å². The highest BCUT2D eigenvalue weighted by Crippen LogP contribution is 2.25.